The molecule has 2 fully saturated rings. The van der Waals surface area contributed by atoms with E-state index >= 15 is 8.78 Å². The van der Waals surface area contributed by atoms with Gasteiger partial charge in [-0.2, -0.15) is 0 Å². The van der Waals surface area contributed by atoms with E-state index in [-0.39, 0.29) is 69.1 Å². The molecule has 3 atom stereocenters. The molecule has 6 rings (SSSR count). The number of hydrogen-bond acceptors (Lipinski definition) is 8. The minimum absolute atomic E-state index is 0.102. The van der Waals surface area contributed by atoms with Crippen molar-refractivity contribution in [1.29, 1.82) is 0 Å². The number of piperidine rings is 1. The number of rotatable bonds is 9. The normalized spacial score (nSPS) is 19.0. The molecule has 282 valence electrons. The molecule has 0 radical (unpaired) electrons. The third kappa shape index (κ3) is 6.87. The molecule has 1 N–H and O–H groups in total. The number of sulfone groups is 1. The van der Waals surface area contributed by atoms with Gasteiger partial charge in [0.2, 0.25) is 15.0 Å². The first-order valence-corrected chi connectivity index (χ1v) is 22.1. The van der Waals surface area contributed by atoms with Crippen LogP contribution in [0, 0.1) is 23.1 Å². The number of methoxy groups -OCH3 is 1. The van der Waals surface area contributed by atoms with E-state index in [1.54, 1.807) is 18.2 Å². The van der Waals surface area contributed by atoms with Gasteiger partial charge in [-0.15, -0.1) is 5.54 Å². The van der Waals surface area contributed by atoms with Gasteiger partial charge >= 0.3 is 6.09 Å². The molecule has 53 heavy (non-hydrogen) atoms. The topological polar surface area (TPSA) is 132 Å². The Labute approximate surface area is 310 Å². The Kier molecular flexibility index (Phi) is 10.6. The number of pyridine rings is 1. The molecule has 2 aromatic heterocycles. The fraction of sp³-hybridized carbons (Fsp3) is 0.487. The zero-order valence-corrected chi connectivity index (χ0v) is 33.1. The van der Waals surface area contributed by atoms with Crippen LogP contribution in [0.3, 0.4) is 0 Å². The van der Waals surface area contributed by atoms with E-state index in [1.807, 2.05) is 0 Å². The summed E-state index contributed by atoms with van der Waals surface area (Å²) < 4.78 is 70.1. The third-order valence-electron chi connectivity index (χ3n) is 11.3. The number of hydrogen-bond donors (Lipinski definition) is 1. The van der Waals surface area contributed by atoms with Gasteiger partial charge in [-0.25, -0.2) is 32.0 Å². The predicted octanol–water partition coefficient (Wildman–Crippen LogP) is 8.47. The van der Waals surface area contributed by atoms with Gasteiger partial charge in [-0.1, -0.05) is 53.5 Å². The Morgan fingerprint density at radius 3 is 2.25 bits per heavy atom. The SMILES string of the molecule is COCOc1cc(-c2ncc3c([C@@H]4C[C@H]5CC[C@@H](C4)N5C(=O)O)nc(S(C)(=O)=O)nc3c2F)c2c(C#C[Si](C(C)C)(C(C)C)C(C)C)c(F)ccc2c1. The van der Waals surface area contributed by atoms with Crippen LogP contribution in [0.4, 0.5) is 13.6 Å². The summed E-state index contributed by atoms with van der Waals surface area (Å²) in [4.78, 5) is 26.7. The number of aromatic nitrogens is 3. The molecular weight excluding hydrogens is 719 g/mol. The van der Waals surface area contributed by atoms with Crippen LogP contribution in [-0.2, 0) is 14.6 Å². The summed E-state index contributed by atoms with van der Waals surface area (Å²) in [5, 5.41) is 10.4. The van der Waals surface area contributed by atoms with Crippen molar-refractivity contribution in [1.82, 2.24) is 19.9 Å². The lowest BCUT2D eigenvalue weighted by Gasteiger charge is -2.38. The van der Waals surface area contributed by atoms with E-state index < -0.39 is 40.8 Å². The lowest BCUT2D eigenvalue weighted by Crippen LogP contribution is -2.45. The molecule has 10 nitrogen and oxygen atoms in total. The van der Waals surface area contributed by atoms with Crippen LogP contribution in [0.25, 0.3) is 32.9 Å². The number of ether oxygens (including phenoxy) is 2. The molecule has 2 bridgehead atoms. The Morgan fingerprint density at radius 1 is 1.04 bits per heavy atom. The summed E-state index contributed by atoms with van der Waals surface area (Å²) in [5.41, 5.74) is 4.62. The quantitative estimate of drug-likeness (QED) is 0.0772. The zero-order valence-electron chi connectivity index (χ0n) is 31.3. The maximum Gasteiger partial charge on any atom is 0.407 e. The Hall–Kier alpha value is -4.19. The summed E-state index contributed by atoms with van der Waals surface area (Å²) in [5.74, 6) is 1.74. The molecule has 0 unspecified atom stereocenters. The van der Waals surface area contributed by atoms with Crippen LogP contribution in [0.15, 0.2) is 35.6 Å². The third-order valence-corrected chi connectivity index (χ3v) is 18.4. The highest BCUT2D eigenvalue weighted by Gasteiger charge is 2.45. The lowest BCUT2D eigenvalue weighted by molar-refractivity contribution is 0.0512. The maximum atomic E-state index is 17.2. The maximum absolute atomic E-state index is 17.2. The van der Waals surface area contributed by atoms with E-state index in [2.05, 4.69) is 68.0 Å². The van der Waals surface area contributed by atoms with Crippen molar-refractivity contribution < 1.29 is 36.6 Å². The van der Waals surface area contributed by atoms with Crippen LogP contribution < -0.4 is 4.74 Å². The van der Waals surface area contributed by atoms with Gasteiger partial charge < -0.3 is 19.5 Å². The largest absolute Gasteiger partial charge is 0.468 e. The Morgan fingerprint density at radius 2 is 1.68 bits per heavy atom. The molecule has 0 spiro atoms. The molecule has 1 amide bonds. The fourth-order valence-electron chi connectivity index (χ4n) is 8.97. The van der Waals surface area contributed by atoms with Crippen molar-refractivity contribution in [3.8, 4) is 28.5 Å². The molecule has 0 aliphatic carbocycles. The first-order chi connectivity index (χ1) is 25.0. The molecule has 2 aliphatic heterocycles. The van der Waals surface area contributed by atoms with Gasteiger partial charge in [0.1, 0.15) is 30.9 Å². The molecule has 4 heterocycles. The van der Waals surface area contributed by atoms with Gasteiger partial charge in [0.25, 0.3) is 0 Å². The number of halogens is 2. The number of carbonyl (C=O) groups is 1. The van der Waals surface area contributed by atoms with E-state index in [1.165, 1.54) is 24.3 Å². The summed E-state index contributed by atoms with van der Waals surface area (Å²) in [6.45, 7) is 12.9. The molecule has 2 saturated heterocycles. The second kappa shape index (κ2) is 14.6. The van der Waals surface area contributed by atoms with Crippen LogP contribution in [0.2, 0.25) is 16.6 Å². The van der Waals surface area contributed by atoms with Crippen molar-refractivity contribution in [2.24, 2.45) is 0 Å². The molecule has 2 aromatic carbocycles. The van der Waals surface area contributed by atoms with Crippen LogP contribution >= 0.6 is 0 Å². The summed E-state index contributed by atoms with van der Waals surface area (Å²) in [7, 11) is -4.86. The Bertz CT molecular complexity index is 2240. The second-order valence-corrected chi connectivity index (χ2v) is 22.8. The van der Waals surface area contributed by atoms with E-state index in [0.29, 0.717) is 47.9 Å². The zero-order chi connectivity index (χ0) is 38.6. The van der Waals surface area contributed by atoms with Gasteiger partial charge in [-0.3, -0.25) is 4.98 Å². The first-order valence-electron chi connectivity index (χ1n) is 18.0. The molecule has 0 saturated carbocycles. The highest BCUT2D eigenvalue weighted by Crippen LogP contribution is 2.46. The van der Waals surface area contributed by atoms with Crippen LogP contribution in [0.1, 0.15) is 84.4 Å². The predicted molar refractivity (Wildman–Crippen MR) is 202 cm³/mol. The van der Waals surface area contributed by atoms with Crippen LogP contribution in [-0.4, -0.2) is 79.8 Å². The van der Waals surface area contributed by atoms with Gasteiger partial charge in [0, 0.05) is 53.9 Å². The van der Waals surface area contributed by atoms with Gasteiger partial charge in [-0.05, 0) is 65.9 Å². The number of carboxylic acid groups (broad SMARTS) is 1. The minimum Gasteiger partial charge on any atom is -0.468 e. The van der Waals surface area contributed by atoms with Crippen molar-refractivity contribution in [3.05, 3.63) is 53.4 Å². The average Bonchev–Trinajstić information content (AvgIpc) is 3.36. The monoisotopic (exact) mass is 764 g/mol. The first kappa shape index (κ1) is 38.5. The molecule has 14 heteroatoms. The average molecular weight is 765 g/mol. The van der Waals surface area contributed by atoms with Crippen molar-refractivity contribution in [2.45, 2.75) is 107 Å². The molecule has 4 aromatic rings. The summed E-state index contributed by atoms with van der Waals surface area (Å²) in [6, 6.07) is 5.65. The lowest BCUT2D eigenvalue weighted by atomic mass is 9.86. The summed E-state index contributed by atoms with van der Waals surface area (Å²) >= 11 is 0. The van der Waals surface area contributed by atoms with Crippen molar-refractivity contribution >= 4 is 45.7 Å². The number of nitrogens with zero attached hydrogens (tertiary/aromatic N) is 4. The Balaban J connectivity index is 1.62. The van der Waals surface area contributed by atoms with Gasteiger partial charge in [0.15, 0.2) is 12.6 Å². The number of benzene rings is 2. The van der Waals surface area contributed by atoms with Crippen molar-refractivity contribution in [3.63, 3.8) is 0 Å². The van der Waals surface area contributed by atoms with Crippen molar-refractivity contribution in [2.75, 3.05) is 20.2 Å². The molecule has 2 aliphatic rings. The van der Waals surface area contributed by atoms with Gasteiger partial charge in [0.05, 0.1) is 11.3 Å². The smallest absolute Gasteiger partial charge is 0.407 e. The van der Waals surface area contributed by atoms with Crippen LogP contribution in [0.5, 0.6) is 5.75 Å². The highest BCUT2D eigenvalue weighted by molar-refractivity contribution is 7.90. The van der Waals surface area contributed by atoms with E-state index in [9.17, 15) is 18.3 Å². The fourth-order valence-corrected chi connectivity index (χ4v) is 14.7. The standard InChI is InChI=1S/C39H46F2N4O6SSi/c1-21(2)53(22(3)4,23(5)6)14-13-29-32(40)12-9-24-17-28(51-20-50-7)18-30(33(24)29)36-34(41)37-31(19-42-36)35(43-38(44-37)52(8,48)49)25-15-26-10-11-27(16-25)45(26)39(46)47/h9,12,17-19,21-23,25-27H,10-11,15-16,20H2,1-8H3,(H,46,47)/t25-,26-,27+. The highest BCUT2D eigenvalue weighted by atomic mass is 32.2. The second-order valence-electron chi connectivity index (χ2n) is 15.3. The molecular formula is C39H46F2N4O6SSi. The number of fused-ring (bicyclic) bond motifs is 4. The number of amides is 1. The summed E-state index contributed by atoms with van der Waals surface area (Å²) in [6.07, 6.45) is 3.55. The minimum atomic E-state index is -4.00. The van der Waals surface area contributed by atoms with E-state index in [4.69, 9.17) is 9.47 Å². The van der Waals surface area contributed by atoms with E-state index in [0.717, 1.165) is 6.26 Å².